The molecule has 216 valence electrons. The second kappa shape index (κ2) is 17.1. The molecule has 0 heterocycles. The Balaban J connectivity index is 1.95. The summed E-state index contributed by atoms with van der Waals surface area (Å²) in [6.07, 6.45) is 8.88. The van der Waals surface area contributed by atoms with E-state index in [0.29, 0.717) is 11.3 Å². The van der Waals surface area contributed by atoms with Crippen LogP contribution in [0.25, 0.3) is 5.57 Å². The molecular weight excluding hydrogens is 483 g/mol. The standard InChI is InChI=1S/C34H53FN4/c1-8-12-19-38(7)21-17-26(5)22-28-15-16-34(30(11-4)23-28)37-39(18-9-2)20-13-14-27(6)31-24-29(10-3)33(36)25-32(31)35/h15-16,23-25,37H,5-6,8-14,17-22,36H2,1-4,7H3. The summed E-state index contributed by atoms with van der Waals surface area (Å²) in [5.74, 6) is -0.280. The van der Waals surface area contributed by atoms with E-state index in [2.05, 4.69) is 74.5 Å². The average Bonchev–Trinajstić information content (AvgIpc) is 2.91. The van der Waals surface area contributed by atoms with Crippen LogP contribution >= 0.6 is 0 Å². The van der Waals surface area contributed by atoms with E-state index in [1.807, 2.05) is 13.0 Å². The van der Waals surface area contributed by atoms with Crippen molar-refractivity contribution in [2.24, 2.45) is 0 Å². The largest absolute Gasteiger partial charge is 0.398 e. The minimum absolute atomic E-state index is 0.280. The van der Waals surface area contributed by atoms with E-state index in [1.54, 1.807) is 0 Å². The number of halogens is 1. The zero-order valence-corrected chi connectivity index (χ0v) is 25.3. The van der Waals surface area contributed by atoms with Gasteiger partial charge in [-0.2, -0.15) is 0 Å². The van der Waals surface area contributed by atoms with E-state index in [0.717, 1.165) is 87.9 Å². The Morgan fingerprint density at radius 3 is 2.28 bits per heavy atom. The predicted molar refractivity (Wildman–Crippen MR) is 170 cm³/mol. The Morgan fingerprint density at radius 2 is 1.62 bits per heavy atom. The lowest BCUT2D eigenvalue weighted by molar-refractivity contribution is 0.326. The van der Waals surface area contributed by atoms with Crippen molar-refractivity contribution in [1.82, 2.24) is 9.91 Å². The lowest BCUT2D eigenvalue weighted by Gasteiger charge is -2.26. The number of aryl methyl sites for hydroxylation is 2. The topological polar surface area (TPSA) is 44.5 Å². The van der Waals surface area contributed by atoms with Crippen molar-refractivity contribution in [1.29, 1.82) is 0 Å². The molecule has 0 atom stereocenters. The van der Waals surface area contributed by atoms with Gasteiger partial charge in [-0.15, -0.1) is 0 Å². The van der Waals surface area contributed by atoms with E-state index in [4.69, 9.17) is 5.73 Å². The fourth-order valence-electron chi connectivity index (χ4n) is 4.92. The molecule has 0 bridgehead atoms. The maximum Gasteiger partial charge on any atom is 0.132 e. The molecule has 0 fully saturated rings. The van der Waals surface area contributed by atoms with Crippen molar-refractivity contribution >= 4 is 16.9 Å². The Labute approximate surface area is 238 Å². The molecule has 0 aliphatic rings. The molecule has 0 unspecified atom stereocenters. The van der Waals surface area contributed by atoms with Gasteiger partial charge in [-0.3, -0.25) is 0 Å². The molecule has 0 saturated heterocycles. The Hall–Kier alpha value is -2.63. The molecule has 5 heteroatoms. The highest BCUT2D eigenvalue weighted by atomic mass is 19.1. The quantitative estimate of drug-likeness (QED) is 0.108. The highest BCUT2D eigenvalue weighted by molar-refractivity contribution is 5.67. The van der Waals surface area contributed by atoms with Gasteiger partial charge in [-0.1, -0.05) is 65.0 Å². The number of allylic oxidation sites excluding steroid dienone is 1. The smallest absolute Gasteiger partial charge is 0.132 e. The van der Waals surface area contributed by atoms with E-state index >= 15 is 0 Å². The number of rotatable bonds is 19. The van der Waals surface area contributed by atoms with Gasteiger partial charge in [0, 0.05) is 30.9 Å². The number of nitrogen functional groups attached to an aromatic ring is 1. The third kappa shape index (κ3) is 10.8. The SMILES string of the molecule is C=C(CCN(C)CCCC)Cc1ccc(NN(CCC)CCCC(=C)c2cc(CC)c(N)cc2F)c(CC)c1. The zero-order chi connectivity index (χ0) is 28.8. The van der Waals surface area contributed by atoms with Crippen LogP contribution in [0.3, 0.4) is 0 Å². The van der Waals surface area contributed by atoms with Crippen LogP contribution in [0, 0.1) is 5.82 Å². The molecule has 3 N–H and O–H groups in total. The summed E-state index contributed by atoms with van der Waals surface area (Å²) >= 11 is 0. The van der Waals surface area contributed by atoms with Crippen LogP contribution in [-0.2, 0) is 19.3 Å². The van der Waals surface area contributed by atoms with Crippen molar-refractivity contribution in [2.45, 2.75) is 85.5 Å². The Kier molecular flexibility index (Phi) is 14.3. The third-order valence-corrected chi connectivity index (χ3v) is 7.41. The first-order chi connectivity index (χ1) is 18.7. The van der Waals surface area contributed by atoms with Crippen LogP contribution in [0.2, 0.25) is 0 Å². The van der Waals surface area contributed by atoms with E-state index in [-0.39, 0.29) is 5.82 Å². The summed E-state index contributed by atoms with van der Waals surface area (Å²) in [6.45, 7) is 21.2. The summed E-state index contributed by atoms with van der Waals surface area (Å²) in [5.41, 5.74) is 17.6. The van der Waals surface area contributed by atoms with Gasteiger partial charge >= 0.3 is 0 Å². The normalized spacial score (nSPS) is 11.4. The number of nitrogens with one attached hydrogen (secondary N) is 1. The summed E-state index contributed by atoms with van der Waals surface area (Å²) in [6, 6.07) is 10.1. The molecule has 4 nitrogen and oxygen atoms in total. The molecule has 0 saturated carbocycles. The first-order valence-corrected chi connectivity index (χ1v) is 15.0. The van der Waals surface area contributed by atoms with E-state index in [9.17, 15) is 4.39 Å². The fourth-order valence-corrected chi connectivity index (χ4v) is 4.92. The van der Waals surface area contributed by atoms with Crippen molar-refractivity contribution in [2.75, 3.05) is 44.4 Å². The number of anilines is 2. The van der Waals surface area contributed by atoms with Crippen LogP contribution < -0.4 is 11.2 Å². The molecule has 0 aliphatic carbocycles. The second-order valence-electron chi connectivity index (χ2n) is 10.9. The number of hydrogen-bond donors (Lipinski definition) is 2. The first-order valence-electron chi connectivity index (χ1n) is 15.0. The van der Waals surface area contributed by atoms with Gasteiger partial charge in [0.15, 0.2) is 0 Å². The maximum absolute atomic E-state index is 14.6. The lowest BCUT2D eigenvalue weighted by Crippen LogP contribution is -2.32. The molecular formula is C34H53FN4. The van der Waals surface area contributed by atoms with Crippen LogP contribution in [0.1, 0.15) is 88.5 Å². The molecule has 0 amide bonds. The number of nitrogens with two attached hydrogens (primary N) is 1. The minimum atomic E-state index is -0.280. The van der Waals surface area contributed by atoms with Crippen molar-refractivity contribution in [3.05, 3.63) is 77.1 Å². The number of hydrogen-bond acceptors (Lipinski definition) is 4. The second-order valence-corrected chi connectivity index (χ2v) is 10.9. The van der Waals surface area contributed by atoms with Gasteiger partial charge in [0.25, 0.3) is 0 Å². The van der Waals surface area contributed by atoms with Crippen molar-refractivity contribution in [3.63, 3.8) is 0 Å². The highest BCUT2D eigenvalue weighted by Gasteiger charge is 2.13. The molecule has 2 rings (SSSR count). The van der Waals surface area contributed by atoms with E-state index < -0.39 is 0 Å². The van der Waals surface area contributed by atoms with Gasteiger partial charge in [-0.05, 0) is 105 Å². The Bertz CT molecular complexity index is 1060. The van der Waals surface area contributed by atoms with E-state index in [1.165, 1.54) is 35.6 Å². The molecule has 0 spiro atoms. The molecule has 39 heavy (non-hydrogen) atoms. The third-order valence-electron chi connectivity index (χ3n) is 7.41. The summed E-state index contributed by atoms with van der Waals surface area (Å²) < 4.78 is 14.6. The summed E-state index contributed by atoms with van der Waals surface area (Å²) in [4.78, 5) is 2.41. The van der Waals surface area contributed by atoms with Gasteiger partial charge in [0.1, 0.15) is 5.82 Å². The highest BCUT2D eigenvalue weighted by Crippen LogP contribution is 2.27. The zero-order valence-electron chi connectivity index (χ0n) is 25.3. The molecule has 0 aromatic heterocycles. The number of hydrazine groups is 1. The van der Waals surface area contributed by atoms with Gasteiger partial charge in [0.05, 0.1) is 5.69 Å². The van der Waals surface area contributed by atoms with Crippen LogP contribution in [0.4, 0.5) is 15.8 Å². The van der Waals surface area contributed by atoms with Gasteiger partial charge < -0.3 is 16.1 Å². The fraction of sp³-hybridized carbons (Fsp3) is 0.529. The predicted octanol–water partition coefficient (Wildman–Crippen LogP) is 8.29. The molecule has 0 aliphatic heterocycles. The van der Waals surface area contributed by atoms with Crippen molar-refractivity contribution in [3.8, 4) is 0 Å². The number of benzene rings is 2. The van der Waals surface area contributed by atoms with Gasteiger partial charge in [-0.25, -0.2) is 9.40 Å². The van der Waals surface area contributed by atoms with Gasteiger partial charge in [0.2, 0.25) is 0 Å². The minimum Gasteiger partial charge on any atom is -0.398 e. The average molecular weight is 537 g/mol. The first kappa shape index (κ1) is 32.6. The molecule has 2 aromatic rings. The van der Waals surface area contributed by atoms with Crippen LogP contribution in [0.15, 0.2) is 49.1 Å². The van der Waals surface area contributed by atoms with Crippen molar-refractivity contribution < 1.29 is 4.39 Å². The molecule has 0 radical (unpaired) electrons. The lowest BCUT2D eigenvalue weighted by atomic mass is 9.98. The summed E-state index contributed by atoms with van der Waals surface area (Å²) in [7, 11) is 2.20. The van der Waals surface area contributed by atoms with Crippen LogP contribution in [-0.4, -0.2) is 43.1 Å². The number of unbranched alkanes of at least 4 members (excludes halogenated alkanes) is 1. The molecule has 2 aromatic carbocycles. The maximum atomic E-state index is 14.6. The van der Waals surface area contributed by atoms with Crippen LogP contribution in [0.5, 0.6) is 0 Å². The Morgan fingerprint density at radius 1 is 0.872 bits per heavy atom. The summed E-state index contributed by atoms with van der Waals surface area (Å²) in [5, 5.41) is 2.28. The monoisotopic (exact) mass is 536 g/mol. The number of nitrogens with zero attached hydrogens (tertiary/aromatic N) is 2.